The molecule has 2 N–H and O–H groups in total. The van der Waals surface area contributed by atoms with Crippen LogP contribution in [-0.4, -0.2) is 42.7 Å². The number of hydroxylamine groups is 1. The number of anilines is 2. The van der Waals surface area contributed by atoms with E-state index < -0.39 is 0 Å². The lowest BCUT2D eigenvalue weighted by atomic mass is 10.2. The van der Waals surface area contributed by atoms with E-state index in [4.69, 9.17) is 0 Å². The lowest BCUT2D eigenvalue weighted by Crippen LogP contribution is -2.29. The third-order valence-electron chi connectivity index (χ3n) is 4.91. The highest BCUT2D eigenvalue weighted by molar-refractivity contribution is 5.44. The van der Waals surface area contributed by atoms with Crippen molar-refractivity contribution in [1.29, 1.82) is 0 Å². The summed E-state index contributed by atoms with van der Waals surface area (Å²) in [7, 11) is 1.93. The molecule has 0 spiro atoms. The van der Waals surface area contributed by atoms with Gasteiger partial charge in [0.25, 0.3) is 5.95 Å². The van der Waals surface area contributed by atoms with Crippen molar-refractivity contribution in [3.63, 3.8) is 0 Å². The van der Waals surface area contributed by atoms with E-state index in [-0.39, 0.29) is 0 Å². The van der Waals surface area contributed by atoms with Crippen LogP contribution in [-0.2, 0) is 13.5 Å². The van der Waals surface area contributed by atoms with Crippen molar-refractivity contribution < 1.29 is 5.21 Å². The van der Waals surface area contributed by atoms with Crippen LogP contribution in [0.3, 0.4) is 0 Å². The number of aromatic nitrogens is 5. The van der Waals surface area contributed by atoms with E-state index >= 15 is 0 Å². The highest BCUT2D eigenvalue weighted by atomic mass is 16.5. The Bertz CT molecular complexity index is 814. The van der Waals surface area contributed by atoms with Crippen molar-refractivity contribution >= 4 is 11.9 Å². The maximum Gasteiger partial charge on any atom is 0.253 e. The molecule has 25 heavy (non-hydrogen) atoms. The molecule has 0 amide bonds. The average Bonchev–Trinajstić information content (AvgIpc) is 3.28. The van der Waals surface area contributed by atoms with Gasteiger partial charge in [-0.1, -0.05) is 0 Å². The first-order valence-electron chi connectivity index (χ1n) is 8.69. The minimum atomic E-state index is 0.480. The molecule has 1 fully saturated rings. The first kappa shape index (κ1) is 15.9. The lowest BCUT2D eigenvalue weighted by molar-refractivity contribution is 0.281. The SMILES string of the molecule is Cc1nc2n(c1C)NC(CCc1nc(N3CCCC3)nn1C)=CN2O. The van der Waals surface area contributed by atoms with Crippen LogP contribution in [0.5, 0.6) is 0 Å². The zero-order valence-electron chi connectivity index (χ0n) is 14.9. The molecule has 9 nitrogen and oxygen atoms in total. The Balaban J connectivity index is 1.46. The van der Waals surface area contributed by atoms with E-state index in [0.29, 0.717) is 5.95 Å². The van der Waals surface area contributed by atoms with Crippen LogP contribution in [0.2, 0.25) is 0 Å². The smallest absolute Gasteiger partial charge is 0.253 e. The molecule has 0 atom stereocenters. The number of fused-ring (bicyclic) bond motifs is 1. The fourth-order valence-corrected chi connectivity index (χ4v) is 3.30. The predicted octanol–water partition coefficient (Wildman–Crippen LogP) is 1.46. The monoisotopic (exact) mass is 344 g/mol. The fourth-order valence-electron chi connectivity index (χ4n) is 3.30. The third-order valence-corrected chi connectivity index (χ3v) is 4.91. The van der Waals surface area contributed by atoms with Gasteiger partial charge in [0.1, 0.15) is 5.82 Å². The van der Waals surface area contributed by atoms with Gasteiger partial charge in [-0.15, -0.1) is 5.10 Å². The number of nitrogens with zero attached hydrogens (tertiary/aromatic N) is 7. The van der Waals surface area contributed by atoms with Crippen molar-refractivity contribution in [2.75, 3.05) is 28.5 Å². The van der Waals surface area contributed by atoms with Crippen LogP contribution in [0, 0.1) is 13.8 Å². The second-order valence-corrected chi connectivity index (χ2v) is 6.67. The van der Waals surface area contributed by atoms with Gasteiger partial charge in [0.05, 0.1) is 23.3 Å². The minimum absolute atomic E-state index is 0.480. The second kappa shape index (κ2) is 6.07. The van der Waals surface area contributed by atoms with Crippen LogP contribution in [0.25, 0.3) is 0 Å². The minimum Gasteiger partial charge on any atom is -0.340 e. The molecule has 2 aromatic heterocycles. The van der Waals surface area contributed by atoms with Gasteiger partial charge in [0, 0.05) is 26.6 Å². The number of hydrogen-bond acceptors (Lipinski definition) is 7. The van der Waals surface area contributed by atoms with Crippen molar-refractivity contribution in [2.24, 2.45) is 7.05 Å². The highest BCUT2D eigenvalue weighted by Gasteiger charge is 2.22. The number of imidazole rings is 1. The van der Waals surface area contributed by atoms with Gasteiger partial charge in [-0.25, -0.2) is 9.66 Å². The summed E-state index contributed by atoms with van der Waals surface area (Å²) < 4.78 is 3.66. The molecule has 2 aromatic rings. The highest BCUT2D eigenvalue weighted by Crippen LogP contribution is 2.23. The Morgan fingerprint density at radius 3 is 2.68 bits per heavy atom. The molecule has 4 heterocycles. The summed E-state index contributed by atoms with van der Waals surface area (Å²) in [5.74, 6) is 2.25. The largest absolute Gasteiger partial charge is 0.340 e. The van der Waals surface area contributed by atoms with Crippen molar-refractivity contribution in [1.82, 2.24) is 24.4 Å². The molecule has 2 aliphatic rings. The molecule has 2 aliphatic heterocycles. The molecule has 0 aromatic carbocycles. The van der Waals surface area contributed by atoms with Gasteiger partial charge < -0.3 is 4.90 Å². The fraction of sp³-hybridized carbons (Fsp3) is 0.562. The first-order chi connectivity index (χ1) is 12.0. The maximum absolute atomic E-state index is 10.2. The Morgan fingerprint density at radius 2 is 1.92 bits per heavy atom. The van der Waals surface area contributed by atoms with Gasteiger partial charge >= 0.3 is 0 Å². The zero-order valence-corrected chi connectivity index (χ0v) is 14.9. The Kier molecular flexibility index (Phi) is 3.87. The Morgan fingerprint density at radius 1 is 1.16 bits per heavy atom. The van der Waals surface area contributed by atoms with E-state index in [0.717, 1.165) is 59.9 Å². The molecule has 9 heteroatoms. The molecule has 4 rings (SSSR count). The summed E-state index contributed by atoms with van der Waals surface area (Å²) >= 11 is 0. The van der Waals surface area contributed by atoms with Gasteiger partial charge in [0.15, 0.2) is 0 Å². The molecule has 0 aliphatic carbocycles. The Labute approximate surface area is 146 Å². The summed E-state index contributed by atoms with van der Waals surface area (Å²) in [5.41, 5.74) is 6.09. The van der Waals surface area contributed by atoms with Crippen molar-refractivity contribution in [2.45, 2.75) is 39.5 Å². The number of allylic oxidation sites excluding steroid dienone is 1. The number of nitrogens with one attached hydrogen (secondary N) is 1. The van der Waals surface area contributed by atoms with E-state index in [9.17, 15) is 5.21 Å². The molecule has 0 unspecified atom stereocenters. The quantitative estimate of drug-likeness (QED) is 0.868. The molecule has 0 bridgehead atoms. The van der Waals surface area contributed by atoms with Crippen LogP contribution in [0.4, 0.5) is 11.9 Å². The lowest BCUT2D eigenvalue weighted by Gasteiger charge is -2.24. The molecular formula is C16H24N8O. The number of rotatable bonds is 4. The van der Waals surface area contributed by atoms with Gasteiger partial charge in [-0.05, 0) is 33.1 Å². The maximum atomic E-state index is 10.2. The topological polar surface area (TPSA) is 87.3 Å². The average molecular weight is 344 g/mol. The van der Waals surface area contributed by atoms with Gasteiger partial charge in [-0.2, -0.15) is 10.0 Å². The van der Waals surface area contributed by atoms with E-state index in [1.54, 1.807) is 10.9 Å². The molecule has 0 radical (unpaired) electrons. The van der Waals surface area contributed by atoms with Crippen LogP contribution >= 0.6 is 0 Å². The summed E-state index contributed by atoms with van der Waals surface area (Å²) in [5, 5.41) is 15.8. The standard InChI is InChI=1S/C16H24N8O/c1-11-12(2)24-16(17-11)23(25)10-13(19-24)6-7-14-18-15(20-21(14)3)22-8-4-5-9-22/h10,19,25H,4-9H2,1-3H3. The molecule has 1 saturated heterocycles. The van der Waals surface area contributed by atoms with Crippen LogP contribution in [0.15, 0.2) is 11.9 Å². The molecule has 134 valence electrons. The summed E-state index contributed by atoms with van der Waals surface area (Å²) in [6.45, 7) is 5.98. The second-order valence-electron chi connectivity index (χ2n) is 6.67. The zero-order chi connectivity index (χ0) is 17.6. The summed E-state index contributed by atoms with van der Waals surface area (Å²) in [4.78, 5) is 11.3. The Hall–Kier alpha value is -2.55. The molecular weight excluding hydrogens is 320 g/mol. The number of hydrogen-bond donors (Lipinski definition) is 2. The van der Waals surface area contributed by atoms with Crippen molar-refractivity contribution in [3.8, 4) is 0 Å². The van der Waals surface area contributed by atoms with Gasteiger partial charge in [-0.3, -0.25) is 15.3 Å². The van der Waals surface area contributed by atoms with Gasteiger partial charge in [0.2, 0.25) is 5.95 Å². The van der Waals surface area contributed by atoms with E-state index in [1.807, 2.05) is 25.6 Å². The van der Waals surface area contributed by atoms with Crippen molar-refractivity contribution in [3.05, 3.63) is 29.1 Å². The normalized spacial score (nSPS) is 16.9. The third kappa shape index (κ3) is 2.84. The summed E-state index contributed by atoms with van der Waals surface area (Å²) in [6, 6.07) is 0. The predicted molar refractivity (Wildman–Crippen MR) is 94.2 cm³/mol. The van der Waals surface area contributed by atoms with Crippen LogP contribution < -0.4 is 15.4 Å². The first-order valence-corrected chi connectivity index (χ1v) is 8.69. The van der Waals surface area contributed by atoms with E-state index in [1.165, 1.54) is 12.8 Å². The summed E-state index contributed by atoms with van der Waals surface area (Å²) in [6.07, 6.45) is 5.55. The van der Waals surface area contributed by atoms with Crippen LogP contribution in [0.1, 0.15) is 36.5 Å². The van der Waals surface area contributed by atoms with E-state index in [2.05, 4.69) is 25.4 Å². The number of aryl methyl sites for hydroxylation is 3. The molecule has 0 saturated carbocycles.